The molecule has 0 aliphatic heterocycles. The molecule has 1 heterocycles. The van der Waals surface area contributed by atoms with Gasteiger partial charge in [-0.2, -0.15) is 4.98 Å². The number of carbonyl (C=O) groups is 1. The Morgan fingerprint density at radius 2 is 1.90 bits per heavy atom. The molecule has 0 unspecified atom stereocenters. The molecule has 5 nitrogen and oxygen atoms in total. The zero-order chi connectivity index (χ0) is 14.9. The molecular weight excluding hydrogens is 258 g/mol. The van der Waals surface area contributed by atoms with Gasteiger partial charge in [-0.1, -0.05) is 17.7 Å². The summed E-state index contributed by atoms with van der Waals surface area (Å²) in [7, 11) is 0. The molecule has 1 aromatic carbocycles. The second kappa shape index (κ2) is 5.36. The van der Waals surface area contributed by atoms with Crippen LogP contribution in [0.4, 0.5) is 0 Å². The van der Waals surface area contributed by atoms with E-state index in [1.165, 1.54) is 0 Å². The van der Waals surface area contributed by atoms with Gasteiger partial charge in [-0.25, -0.2) is 4.79 Å². The van der Waals surface area contributed by atoms with Gasteiger partial charge in [-0.05, 0) is 38.8 Å². The number of ether oxygens (including phenoxy) is 1. The summed E-state index contributed by atoms with van der Waals surface area (Å²) >= 11 is 0. The Hall–Kier alpha value is -2.30. The number of carbonyl (C=O) groups excluding carboxylic acids is 1. The minimum atomic E-state index is -0.717. The highest BCUT2D eigenvalue weighted by molar-refractivity contribution is 5.89. The summed E-state index contributed by atoms with van der Waals surface area (Å²) in [5, 5.41) is 9.72. The Kier molecular flexibility index (Phi) is 3.79. The van der Waals surface area contributed by atoms with Crippen molar-refractivity contribution in [2.75, 3.05) is 6.61 Å². The molecule has 0 saturated carbocycles. The van der Waals surface area contributed by atoms with Gasteiger partial charge in [0.15, 0.2) is 0 Å². The van der Waals surface area contributed by atoms with Crippen molar-refractivity contribution in [2.24, 2.45) is 0 Å². The van der Waals surface area contributed by atoms with Gasteiger partial charge >= 0.3 is 5.97 Å². The monoisotopic (exact) mass is 275 g/mol. The maximum absolute atomic E-state index is 11.6. The smallest absolute Gasteiger partial charge is 0.380 e. The molecule has 1 N–H and O–H groups in total. The van der Waals surface area contributed by atoms with Gasteiger partial charge in [0.2, 0.25) is 5.89 Å². The van der Waals surface area contributed by atoms with Crippen molar-refractivity contribution in [3.63, 3.8) is 0 Å². The van der Waals surface area contributed by atoms with Gasteiger partial charge in [0.05, 0.1) is 6.61 Å². The molecule has 0 aliphatic carbocycles. The number of aromatic nitrogens is 1. The third-order valence-corrected chi connectivity index (χ3v) is 2.96. The lowest BCUT2D eigenvalue weighted by Crippen LogP contribution is -2.03. The van der Waals surface area contributed by atoms with Crippen molar-refractivity contribution in [3.05, 3.63) is 34.6 Å². The number of hydrogen-bond acceptors (Lipinski definition) is 5. The molecule has 1 aromatic heterocycles. The van der Waals surface area contributed by atoms with Crippen molar-refractivity contribution in [1.29, 1.82) is 0 Å². The first-order chi connectivity index (χ1) is 9.43. The molecule has 0 saturated heterocycles. The Balaban J connectivity index is 2.50. The fourth-order valence-corrected chi connectivity index (χ4v) is 2.27. The highest BCUT2D eigenvalue weighted by Crippen LogP contribution is 2.31. The van der Waals surface area contributed by atoms with E-state index in [4.69, 9.17) is 9.15 Å². The van der Waals surface area contributed by atoms with Crippen LogP contribution in [-0.2, 0) is 4.74 Å². The van der Waals surface area contributed by atoms with E-state index in [0.717, 1.165) is 22.3 Å². The summed E-state index contributed by atoms with van der Waals surface area (Å²) in [6.07, 6.45) is 0. The standard InChI is InChI=1S/C15H17NO4/c1-5-19-15(18)12-13(17)16-14(20-12)11-9(3)6-8(2)7-10(11)4/h6-7,17H,5H2,1-4H3. The predicted octanol–water partition coefficient (Wildman–Crippen LogP) is 3.15. The summed E-state index contributed by atoms with van der Waals surface area (Å²) < 4.78 is 10.2. The van der Waals surface area contributed by atoms with E-state index in [9.17, 15) is 9.90 Å². The molecule has 0 fully saturated rings. The van der Waals surface area contributed by atoms with Crippen LogP contribution >= 0.6 is 0 Å². The van der Waals surface area contributed by atoms with Crippen LogP contribution in [0.25, 0.3) is 11.5 Å². The molecule has 0 radical (unpaired) electrons. The Labute approximate surface area is 117 Å². The summed E-state index contributed by atoms with van der Waals surface area (Å²) in [5.74, 6) is -1.20. The number of aromatic hydroxyl groups is 1. The predicted molar refractivity (Wildman–Crippen MR) is 73.8 cm³/mol. The average Bonchev–Trinajstić information content (AvgIpc) is 2.70. The van der Waals surface area contributed by atoms with E-state index < -0.39 is 11.8 Å². The second-order valence-corrected chi connectivity index (χ2v) is 4.67. The van der Waals surface area contributed by atoms with E-state index in [2.05, 4.69) is 4.98 Å². The first-order valence-corrected chi connectivity index (χ1v) is 6.39. The van der Waals surface area contributed by atoms with Crippen LogP contribution in [-0.4, -0.2) is 22.7 Å². The highest BCUT2D eigenvalue weighted by atomic mass is 16.5. The normalized spacial score (nSPS) is 10.6. The zero-order valence-electron chi connectivity index (χ0n) is 12.0. The molecule has 0 bridgehead atoms. The maximum Gasteiger partial charge on any atom is 0.380 e. The minimum Gasteiger partial charge on any atom is -0.490 e. The largest absolute Gasteiger partial charge is 0.490 e. The summed E-state index contributed by atoms with van der Waals surface area (Å²) in [4.78, 5) is 15.5. The number of aryl methyl sites for hydroxylation is 3. The molecule has 0 spiro atoms. The molecule has 5 heteroatoms. The topological polar surface area (TPSA) is 72.6 Å². The van der Waals surface area contributed by atoms with E-state index in [-0.39, 0.29) is 18.3 Å². The Bertz CT molecular complexity index is 635. The Morgan fingerprint density at radius 3 is 2.45 bits per heavy atom. The first kappa shape index (κ1) is 14.1. The molecule has 0 atom stereocenters. The highest BCUT2D eigenvalue weighted by Gasteiger charge is 2.23. The van der Waals surface area contributed by atoms with Crippen molar-refractivity contribution in [1.82, 2.24) is 4.98 Å². The van der Waals surface area contributed by atoms with Gasteiger partial charge in [-0.15, -0.1) is 0 Å². The first-order valence-electron chi connectivity index (χ1n) is 6.39. The molecule has 2 aromatic rings. The molecule has 0 amide bonds. The number of nitrogens with zero attached hydrogens (tertiary/aromatic N) is 1. The number of oxazole rings is 1. The quantitative estimate of drug-likeness (QED) is 0.871. The number of benzene rings is 1. The van der Waals surface area contributed by atoms with Crippen LogP contribution in [0.3, 0.4) is 0 Å². The van der Waals surface area contributed by atoms with E-state index in [0.29, 0.717) is 0 Å². The van der Waals surface area contributed by atoms with E-state index in [1.807, 2.05) is 32.9 Å². The molecule has 2 rings (SSSR count). The lowest BCUT2D eigenvalue weighted by molar-refractivity contribution is 0.0486. The molecule has 106 valence electrons. The van der Waals surface area contributed by atoms with Crippen LogP contribution < -0.4 is 0 Å². The SMILES string of the molecule is CCOC(=O)c1oc(-c2c(C)cc(C)cc2C)nc1O. The van der Waals surface area contributed by atoms with Gasteiger partial charge in [-0.3, -0.25) is 0 Å². The third-order valence-electron chi connectivity index (χ3n) is 2.96. The Morgan fingerprint density at radius 1 is 1.30 bits per heavy atom. The van der Waals surface area contributed by atoms with Gasteiger partial charge in [0.1, 0.15) is 0 Å². The fourth-order valence-electron chi connectivity index (χ4n) is 2.27. The van der Waals surface area contributed by atoms with E-state index >= 15 is 0 Å². The summed E-state index contributed by atoms with van der Waals surface area (Å²) in [5.41, 5.74) is 3.85. The van der Waals surface area contributed by atoms with Crippen molar-refractivity contribution < 1.29 is 19.1 Å². The second-order valence-electron chi connectivity index (χ2n) is 4.67. The zero-order valence-corrected chi connectivity index (χ0v) is 12.0. The number of esters is 1. The van der Waals surface area contributed by atoms with Gasteiger partial charge in [0.25, 0.3) is 11.6 Å². The van der Waals surface area contributed by atoms with Crippen LogP contribution in [0.2, 0.25) is 0 Å². The summed E-state index contributed by atoms with van der Waals surface area (Å²) in [6.45, 7) is 7.75. The lowest BCUT2D eigenvalue weighted by atomic mass is 10.00. The third kappa shape index (κ3) is 2.52. The van der Waals surface area contributed by atoms with Crippen molar-refractivity contribution in [3.8, 4) is 17.3 Å². The van der Waals surface area contributed by atoms with Crippen molar-refractivity contribution in [2.45, 2.75) is 27.7 Å². The van der Waals surface area contributed by atoms with Crippen LogP contribution in [0.15, 0.2) is 16.5 Å². The minimum absolute atomic E-state index is 0.205. The molecule has 0 aliphatic rings. The van der Waals surface area contributed by atoms with Crippen LogP contribution in [0, 0.1) is 20.8 Å². The average molecular weight is 275 g/mol. The van der Waals surface area contributed by atoms with Crippen molar-refractivity contribution >= 4 is 5.97 Å². The maximum atomic E-state index is 11.6. The van der Waals surface area contributed by atoms with E-state index in [1.54, 1.807) is 6.92 Å². The van der Waals surface area contributed by atoms with Gasteiger partial charge < -0.3 is 14.3 Å². The molecule has 20 heavy (non-hydrogen) atoms. The summed E-state index contributed by atoms with van der Waals surface area (Å²) in [6, 6.07) is 3.99. The van der Waals surface area contributed by atoms with Gasteiger partial charge in [0, 0.05) is 5.56 Å². The fraction of sp³-hybridized carbons (Fsp3) is 0.333. The van der Waals surface area contributed by atoms with Crippen LogP contribution in [0.1, 0.15) is 34.2 Å². The lowest BCUT2D eigenvalue weighted by Gasteiger charge is -2.07. The molecular formula is C15H17NO4. The van der Waals surface area contributed by atoms with Crippen LogP contribution in [0.5, 0.6) is 5.88 Å². The number of hydrogen-bond donors (Lipinski definition) is 1. The number of rotatable bonds is 3.